The minimum absolute atomic E-state index is 0.159. The molecule has 2 atom stereocenters. The van der Waals surface area contributed by atoms with Gasteiger partial charge in [-0.25, -0.2) is 0 Å². The van der Waals surface area contributed by atoms with Crippen LogP contribution in [0.1, 0.15) is 63.6 Å². The van der Waals surface area contributed by atoms with Crippen LogP contribution in [-0.2, 0) is 0 Å². The monoisotopic (exact) mass is 276 g/mol. The molecule has 0 spiro atoms. The van der Waals surface area contributed by atoms with Crippen LogP contribution in [0.15, 0.2) is 24.3 Å². The molecular weight excluding hydrogens is 244 g/mol. The number of aryl methyl sites for hydroxylation is 1. The fourth-order valence-corrected chi connectivity index (χ4v) is 2.72. The molecule has 0 aliphatic heterocycles. The summed E-state index contributed by atoms with van der Waals surface area (Å²) in [5.41, 5.74) is 8.98. The van der Waals surface area contributed by atoms with Crippen LogP contribution in [0.5, 0.6) is 0 Å². The molecule has 0 heterocycles. The lowest BCUT2D eigenvalue weighted by Gasteiger charge is -2.35. The molecule has 0 saturated heterocycles. The van der Waals surface area contributed by atoms with Crippen LogP contribution in [0, 0.1) is 6.92 Å². The van der Waals surface area contributed by atoms with Gasteiger partial charge in [-0.3, -0.25) is 4.90 Å². The van der Waals surface area contributed by atoms with E-state index in [4.69, 9.17) is 5.73 Å². The lowest BCUT2D eigenvalue weighted by Crippen LogP contribution is -2.40. The van der Waals surface area contributed by atoms with E-state index in [0.717, 1.165) is 13.1 Å². The first-order valence-electron chi connectivity index (χ1n) is 8.16. The molecule has 1 aromatic carbocycles. The maximum absolute atomic E-state index is 6.31. The van der Waals surface area contributed by atoms with Gasteiger partial charge in [-0.15, -0.1) is 0 Å². The van der Waals surface area contributed by atoms with Gasteiger partial charge in [-0.1, -0.05) is 56.5 Å². The van der Waals surface area contributed by atoms with E-state index >= 15 is 0 Å². The Balaban J connectivity index is 2.90. The van der Waals surface area contributed by atoms with Crippen molar-refractivity contribution in [3.8, 4) is 0 Å². The quantitative estimate of drug-likeness (QED) is 0.729. The molecule has 0 radical (unpaired) electrons. The first-order chi connectivity index (χ1) is 9.60. The van der Waals surface area contributed by atoms with Gasteiger partial charge in [0.15, 0.2) is 0 Å². The Morgan fingerprint density at radius 2 is 1.50 bits per heavy atom. The fourth-order valence-electron chi connectivity index (χ4n) is 2.72. The number of unbranched alkanes of at least 4 members (excludes halogenated alkanes) is 2. The van der Waals surface area contributed by atoms with E-state index in [1.54, 1.807) is 0 Å². The van der Waals surface area contributed by atoms with Gasteiger partial charge < -0.3 is 5.73 Å². The highest BCUT2D eigenvalue weighted by molar-refractivity contribution is 5.25. The zero-order chi connectivity index (χ0) is 15.0. The number of rotatable bonds is 9. The Labute approximate surface area is 125 Å². The zero-order valence-corrected chi connectivity index (χ0v) is 13.7. The molecule has 0 aromatic heterocycles. The van der Waals surface area contributed by atoms with Crippen molar-refractivity contribution in [1.29, 1.82) is 0 Å². The van der Waals surface area contributed by atoms with Gasteiger partial charge in [0.2, 0.25) is 0 Å². The number of hydrogen-bond acceptors (Lipinski definition) is 2. The zero-order valence-electron chi connectivity index (χ0n) is 13.7. The number of benzene rings is 1. The molecule has 0 aliphatic rings. The van der Waals surface area contributed by atoms with E-state index in [0.29, 0.717) is 6.04 Å². The second kappa shape index (κ2) is 9.15. The normalized spacial score (nSPS) is 14.5. The maximum atomic E-state index is 6.31. The number of nitrogens with zero attached hydrogens (tertiary/aromatic N) is 1. The SMILES string of the molecule is CCCCN(CCCC)C(c1ccc(C)cc1)C(C)N. The Bertz CT molecular complexity index is 348. The molecule has 0 bridgehead atoms. The maximum Gasteiger partial charge on any atom is 0.0496 e. The summed E-state index contributed by atoms with van der Waals surface area (Å²) in [4.78, 5) is 2.59. The summed E-state index contributed by atoms with van der Waals surface area (Å²) in [5.74, 6) is 0. The Morgan fingerprint density at radius 3 is 1.90 bits per heavy atom. The summed E-state index contributed by atoms with van der Waals surface area (Å²) < 4.78 is 0. The summed E-state index contributed by atoms with van der Waals surface area (Å²) in [7, 11) is 0. The van der Waals surface area contributed by atoms with Crippen molar-refractivity contribution in [3.05, 3.63) is 35.4 Å². The van der Waals surface area contributed by atoms with E-state index in [-0.39, 0.29) is 6.04 Å². The molecule has 2 nitrogen and oxygen atoms in total. The van der Waals surface area contributed by atoms with E-state index in [9.17, 15) is 0 Å². The van der Waals surface area contributed by atoms with Crippen LogP contribution in [0.2, 0.25) is 0 Å². The van der Waals surface area contributed by atoms with E-state index in [2.05, 4.69) is 56.9 Å². The third-order valence-electron chi connectivity index (χ3n) is 3.91. The van der Waals surface area contributed by atoms with Gasteiger partial charge in [0.25, 0.3) is 0 Å². The molecule has 2 heteroatoms. The van der Waals surface area contributed by atoms with E-state index in [1.165, 1.54) is 36.8 Å². The van der Waals surface area contributed by atoms with Crippen molar-refractivity contribution in [2.45, 2.75) is 65.5 Å². The Hall–Kier alpha value is -0.860. The third kappa shape index (κ3) is 5.26. The molecular formula is C18H32N2. The second-order valence-corrected chi connectivity index (χ2v) is 5.96. The number of hydrogen-bond donors (Lipinski definition) is 1. The van der Waals surface area contributed by atoms with Crippen molar-refractivity contribution in [3.63, 3.8) is 0 Å². The van der Waals surface area contributed by atoms with Crippen LogP contribution in [0.3, 0.4) is 0 Å². The summed E-state index contributed by atoms with van der Waals surface area (Å²) in [6.45, 7) is 11.1. The minimum Gasteiger partial charge on any atom is -0.326 e. The van der Waals surface area contributed by atoms with Crippen LogP contribution in [0.4, 0.5) is 0 Å². The van der Waals surface area contributed by atoms with Crippen molar-refractivity contribution in [2.24, 2.45) is 5.73 Å². The molecule has 0 amide bonds. The highest BCUT2D eigenvalue weighted by atomic mass is 15.2. The van der Waals surface area contributed by atoms with E-state index < -0.39 is 0 Å². The first kappa shape index (κ1) is 17.2. The second-order valence-electron chi connectivity index (χ2n) is 5.96. The smallest absolute Gasteiger partial charge is 0.0496 e. The first-order valence-corrected chi connectivity index (χ1v) is 8.16. The van der Waals surface area contributed by atoms with Crippen LogP contribution >= 0.6 is 0 Å². The highest BCUT2D eigenvalue weighted by Gasteiger charge is 2.23. The van der Waals surface area contributed by atoms with Crippen LogP contribution < -0.4 is 5.73 Å². The molecule has 0 saturated carbocycles. The summed E-state index contributed by atoms with van der Waals surface area (Å²) >= 11 is 0. The highest BCUT2D eigenvalue weighted by Crippen LogP contribution is 2.25. The lowest BCUT2D eigenvalue weighted by molar-refractivity contribution is 0.171. The standard InChI is InChI=1S/C18H32N2/c1-5-7-13-20(14-8-6-2)18(16(4)19)17-11-9-15(3)10-12-17/h9-12,16,18H,5-8,13-14,19H2,1-4H3. The van der Waals surface area contributed by atoms with Gasteiger partial charge in [0, 0.05) is 12.1 Å². The number of nitrogens with two attached hydrogens (primary N) is 1. The average Bonchev–Trinajstić information content (AvgIpc) is 2.43. The van der Waals surface area contributed by atoms with Gasteiger partial charge in [-0.2, -0.15) is 0 Å². The molecule has 20 heavy (non-hydrogen) atoms. The molecule has 0 fully saturated rings. The fraction of sp³-hybridized carbons (Fsp3) is 0.667. The van der Waals surface area contributed by atoms with Crippen molar-refractivity contribution >= 4 is 0 Å². The van der Waals surface area contributed by atoms with Crippen molar-refractivity contribution in [2.75, 3.05) is 13.1 Å². The van der Waals surface area contributed by atoms with E-state index in [1.807, 2.05) is 0 Å². The van der Waals surface area contributed by atoms with Crippen molar-refractivity contribution < 1.29 is 0 Å². The molecule has 114 valence electrons. The Kier molecular flexibility index (Phi) is 7.86. The molecule has 1 aromatic rings. The van der Waals surface area contributed by atoms with Crippen LogP contribution in [-0.4, -0.2) is 24.0 Å². The predicted molar refractivity (Wildman–Crippen MR) is 89.0 cm³/mol. The largest absolute Gasteiger partial charge is 0.326 e. The molecule has 0 aliphatic carbocycles. The average molecular weight is 276 g/mol. The molecule has 2 N–H and O–H groups in total. The summed E-state index contributed by atoms with van der Waals surface area (Å²) in [6.07, 6.45) is 4.97. The van der Waals surface area contributed by atoms with Gasteiger partial charge >= 0.3 is 0 Å². The van der Waals surface area contributed by atoms with Gasteiger partial charge in [0.05, 0.1) is 0 Å². The Morgan fingerprint density at radius 1 is 1.00 bits per heavy atom. The third-order valence-corrected chi connectivity index (χ3v) is 3.91. The summed E-state index contributed by atoms with van der Waals surface area (Å²) in [5, 5.41) is 0. The van der Waals surface area contributed by atoms with Gasteiger partial charge in [0.1, 0.15) is 0 Å². The van der Waals surface area contributed by atoms with Crippen LogP contribution in [0.25, 0.3) is 0 Å². The molecule has 1 rings (SSSR count). The van der Waals surface area contributed by atoms with Gasteiger partial charge in [-0.05, 0) is 45.3 Å². The minimum atomic E-state index is 0.159. The lowest BCUT2D eigenvalue weighted by atomic mass is 9.97. The molecule has 2 unspecified atom stereocenters. The predicted octanol–water partition coefficient (Wildman–Crippen LogP) is 4.29. The summed E-state index contributed by atoms with van der Waals surface area (Å²) in [6, 6.07) is 9.38. The topological polar surface area (TPSA) is 29.3 Å². The van der Waals surface area contributed by atoms with Crippen molar-refractivity contribution in [1.82, 2.24) is 4.90 Å².